The summed E-state index contributed by atoms with van der Waals surface area (Å²) in [6, 6.07) is 39.2. The van der Waals surface area contributed by atoms with Crippen LogP contribution in [0, 0.1) is 23.3 Å². The van der Waals surface area contributed by atoms with Crippen LogP contribution < -0.4 is 31.8 Å². The summed E-state index contributed by atoms with van der Waals surface area (Å²) in [5, 5.41) is 4.72. The topological polar surface area (TPSA) is 17.1 Å². The van der Waals surface area contributed by atoms with Crippen LogP contribution in [0.15, 0.2) is 146 Å². The van der Waals surface area contributed by atoms with Gasteiger partial charge in [0.05, 0.1) is 0 Å². The minimum Gasteiger partial charge on any atom is -0.289 e. The number of hydrogen-bond acceptors (Lipinski definition) is 1. The van der Waals surface area contributed by atoms with Gasteiger partial charge in [0.2, 0.25) is 0 Å². The summed E-state index contributed by atoms with van der Waals surface area (Å²) in [6.45, 7) is 0. The summed E-state index contributed by atoms with van der Waals surface area (Å²) in [5.41, 5.74) is 0.931. The molecule has 6 aromatic rings. The first-order valence-electron chi connectivity index (χ1n) is 13.7. The number of carbonyl (C=O) groups is 1. The summed E-state index contributed by atoms with van der Waals surface area (Å²) in [6.07, 6.45) is 0. The van der Waals surface area contributed by atoms with Crippen molar-refractivity contribution in [3.63, 3.8) is 0 Å². The Hall–Kier alpha value is -4.43. The predicted octanol–water partition coefficient (Wildman–Crippen LogP) is 6.99. The van der Waals surface area contributed by atoms with E-state index in [9.17, 15) is 22.4 Å². The molecule has 0 aliphatic rings. The number of carbonyl (C=O) groups excluding carboxylic acids is 1. The largest absolute Gasteiger partial charge is 0.289 e. The Morgan fingerprint density at radius 1 is 0.364 bits per heavy atom. The van der Waals surface area contributed by atoms with E-state index in [2.05, 4.69) is 0 Å². The van der Waals surface area contributed by atoms with Crippen molar-refractivity contribution in [3.8, 4) is 0 Å². The van der Waals surface area contributed by atoms with E-state index in [1.807, 2.05) is 24.3 Å². The third-order valence-electron chi connectivity index (χ3n) is 7.12. The van der Waals surface area contributed by atoms with Crippen LogP contribution in [0.5, 0.6) is 0 Å². The van der Waals surface area contributed by atoms with Gasteiger partial charge in [0, 0.05) is 11.1 Å². The average molecular weight is 623 g/mol. The Morgan fingerprint density at radius 3 is 0.886 bits per heavy atom. The summed E-state index contributed by atoms with van der Waals surface area (Å²) < 4.78 is 55.8. The highest BCUT2D eigenvalue weighted by Crippen LogP contribution is 2.37. The average Bonchev–Trinajstić information content (AvgIpc) is 3.05. The van der Waals surface area contributed by atoms with Crippen LogP contribution in [0.25, 0.3) is 0 Å². The first-order valence-corrected chi connectivity index (χ1v) is 16.4. The van der Waals surface area contributed by atoms with Gasteiger partial charge in [-0.3, -0.25) is 4.79 Å². The van der Waals surface area contributed by atoms with Gasteiger partial charge in [-0.15, -0.1) is 0 Å². The van der Waals surface area contributed by atoms with Crippen LogP contribution in [0.2, 0.25) is 0 Å². The first-order chi connectivity index (χ1) is 21.4. The highest BCUT2D eigenvalue weighted by atomic mass is 31.1. The van der Waals surface area contributed by atoms with Crippen molar-refractivity contribution >= 4 is 53.5 Å². The number of ketones is 1. The SMILES string of the molecule is O=C(c1ccccc1P(c1ccc(F)cc1)c1ccc(F)cc1)c1ccccc1P(c1ccc(F)cc1)c1ccc(F)cc1. The summed E-state index contributed by atoms with van der Waals surface area (Å²) in [7, 11) is -2.73. The van der Waals surface area contributed by atoms with E-state index in [0.29, 0.717) is 11.1 Å². The fraction of sp³-hybridized carbons (Fsp3) is 0. The molecule has 0 saturated heterocycles. The second-order valence-electron chi connectivity index (χ2n) is 9.94. The van der Waals surface area contributed by atoms with E-state index >= 15 is 0 Å². The minimum atomic E-state index is -1.37. The summed E-state index contributed by atoms with van der Waals surface area (Å²) in [5.74, 6) is -1.73. The van der Waals surface area contributed by atoms with Crippen LogP contribution in [-0.2, 0) is 0 Å². The van der Waals surface area contributed by atoms with Crippen molar-refractivity contribution in [2.24, 2.45) is 0 Å². The molecule has 6 rings (SSSR count). The maximum absolute atomic E-state index is 14.6. The Balaban J connectivity index is 1.51. The van der Waals surface area contributed by atoms with Gasteiger partial charge < -0.3 is 0 Å². The smallest absolute Gasteiger partial charge is 0.194 e. The van der Waals surface area contributed by atoms with E-state index in [-0.39, 0.29) is 29.1 Å². The quantitative estimate of drug-likeness (QED) is 0.102. The zero-order valence-corrected chi connectivity index (χ0v) is 25.0. The predicted molar refractivity (Wildman–Crippen MR) is 174 cm³/mol. The van der Waals surface area contributed by atoms with Gasteiger partial charge in [0.25, 0.3) is 0 Å². The monoisotopic (exact) mass is 622 g/mol. The molecule has 0 unspecified atom stereocenters. The van der Waals surface area contributed by atoms with Crippen molar-refractivity contribution < 1.29 is 22.4 Å². The number of rotatable bonds is 8. The molecule has 0 heterocycles. The van der Waals surface area contributed by atoms with E-state index in [1.165, 1.54) is 48.5 Å². The number of benzene rings is 6. The maximum atomic E-state index is 14.6. The van der Waals surface area contributed by atoms with E-state index in [0.717, 1.165) is 31.8 Å². The van der Waals surface area contributed by atoms with Crippen LogP contribution >= 0.6 is 15.8 Å². The van der Waals surface area contributed by atoms with Crippen molar-refractivity contribution in [2.75, 3.05) is 0 Å². The van der Waals surface area contributed by atoms with Gasteiger partial charge in [-0.05, 0) is 96.2 Å². The maximum Gasteiger partial charge on any atom is 0.194 e. The van der Waals surface area contributed by atoms with Crippen molar-refractivity contribution in [1.29, 1.82) is 0 Å². The summed E-state index contributed by atoms with van der Waals surface area (Å²) >= 11 is 0. The van der Waals surface area contributed by atoms with E-state index in [1.54, 1.807) is 72.8 Å². The van der Waals surface area contributed by atoms with Crippen LogP contribution in [0.1, 0.15) is 15.9 Å². The molecular formula is C37H24F4OP2. The molecule has 0 atom stereocenters. The molecule has 0 saturated carbocycles. The molecule has 0 bridgehead atoms. The Kier molecular flexibility index (Phi) is 8.79. The molecule has 0 spiro atoms. The van der Waals surface area contributed by atoms with Crippen LogP contribution in [-0.4, -0.2) is 5.78 Å². The lowest BCUT2D eigenvalue weighted by Gasteiger charge is -2.24. The third-order valence-corrected chi connectivity index (χ3v) is 12.1. The van der Waals surface area contributed by atoms with Gasteiger partial charge in [-0.25, -0.2) is 17.6 Å². The molecule has 0 amide bonds. The molecule has 1 nitrogen and oxygen atoms in total. The van der Waals surface area contributed by atoms with E-state index in [4.69, 9.17) is 0 Å². The molecule has 0 aromatic heterocycles. The highest BCUT2D eigenvalue weighted by Gasteiger charge is 2.27. The van der Waals surface area contributed by atoms with Crippen molar-refractivity contribution in [2.45, 2.75) is 0 Å². The van der Waals surface area contributed by atoms with Gasteiger partial charge in [-0.2, -0.15) is 0 Å². The van der Waals surface area contributed by atoms with E-state index < -0.39 is 15.8 Å². The highest BCUT2D eigenvalue weighted by molar-refractivity contribution is 7.80. The molecule has 6 aromatic carbocycles. The fourth-order valence-electron chi connectivity index (χ4n) is 5.08. The van der Waals surface area contributed by atoms with Gasteiger partial charge in [0.1, 0.15) is 23.3 Å². The Bertz CT molecular complexity index is 1680. The van der Waals surface area contributed by atoms with Crippen molar-refractivity contribution in [3.05, 3.63) is 180 Å². The lowest BCUT2D eigenvalue weighted by atomic mass is 10.0. The second-order valence-corrected chi connectivity index (χ2v) is 14.3. The fourth-order valence-corrected chi connectivity index (χ4v) is 9.88. The standard InChI is InChI=1S/C37H24F4OP2/c38-25-9-17-29(18-10-25)43(30-19-11-26(39)12-20-30)35-7-3-1-5-33(35)37(42)34-6-2-4-8-36(34)44(31-21-13-27(40)14-22-31)32-23-15-28(41)16-24-32/h1-24H. The number of hydrogen-bond donors (Lipinski definition) is 0. The van der Waals surface area contributed by atoms with Gasteiger partial charge in [0.15, 0.2) is 5.78 Å². The zero-order valence-electron chi connectivity index (χ0n) is 23.2. The van der Waals surface area contributed by atoms with Crippen molar-refractivity contribution in [1.82, 2.24) is 0 Å². The normalized spacial score (nSPS) is 11.2. The second kappa shape index (κ2) is 13.1. The lowest BCUT2D eigenvalue weighted by Crippen LogP contribution is -2.29. The van der Waals surface area contributed by atoms with Crippen LogP contribution in [0.3, 0.4) is 0 Å². The molecule has 0 N–H and O–H groups in total. The molecular weight excluding hydrogens is 598 g/mol. The molecule has 44 heavy (non-hydrogen) atoms. The molecule has 0 radical (unpaired) electrons. The third kappa shape index (κ3) is 6.26. The number of halogens is 4. The van der Waals surface area contributed by atoms with Gasteiger partial charge in [-0.1, -0.05) is 97.1 Å². The Labute approximate surface area is 255 Å². The minimum absolute atomic E-state index is 0.218. The summed E-state index contributed by atoms with van der Waals surface area (Å²) in [4.78, 5) is 14.6. The van der Waals surface area contributed by atoms with Crippen LogP contribution in [0.4, 0.5) is 17.6 Å². The lowest BCUT2D eigenvalue weighted by molar-refractivity contribution is 0.104. The van der Waals surface area contributed by atoms with Gasteiger partial charge >= 0.3 is 0 Å². The molecule has 0 aliphatic carbocycles. The first kappa shape index (κ1) is 29.6. The molecule has 0 fully saturated rings. The molecule has 0 aliphatic heterocycles. The molecule has 216 valence electrons. The zero-order chi connectivity index (χ0) is 30.6. The molecule has 7 heteroatoms. The Morgan fingerprint density at radius 2 is 0.614 bits per heavy atom.